The Labute approximate surface area is 207 Å². The smallest absolute Gasteiger partial charge is 0.356 e. The summed E-state index contributed by atoms with van der Waals surface area (Å²) in [7, 11) is 0. The molecule has 1 aliphatic carbocycles. The van der Waals surface area contributed by atoms with E-state index in [2.05, 4.69) is 11.2 Å². The van der Waals surface area contributed by atoms with Gasteiger partial charge in [0.05, 0.1) is 17.3 Å². The summed E-state index contributed by atoms with van der Waals surface area (Å²) in [4.78, 5) is 41.8. The lowest BCUT2D eigenvalue weighted by Gasteiger charge is -2.34. The standard InChI is InChI=1S/C27H23N5O4/c28-15-17-4-3-5-20(14-17)32-24-22(23(29-32)26(35)36)27(11-12-27)16-31(25(24)34)19-9-7-18(8-10-19)30-13-2-1-6-21(30)33/h3-5,7-10,14H,1-2,6,11-13,16H2,(H,35,36). The molecule has 180 valence electrons. The van der Waals surface area contributed by atoms with Crippen LogP contribution >= 0.6 is 0 Å². The number of anilines is 2. The lowest BCUT2D eigenvalue weighted by atomic mass is 9.88. The third kappa shape index (κ3) is 3.37. The molecule has 2 aromatic carbocycles. The quantitative estimate of drug-likeness (QED) is 0.607. The first-order chi connectivity index (χ1) is 17.4. The highest BCUT2D eigenvalue weighted by Gasteiger charge is 2.56. The minimum Gasteiger partial charge on any atom is -0.476 e. The first-order valence-electron chi connectivity index (χ1n) is 12.0. The van der Waals surface area contributed by atoms with Gasteiger partial charge < -0.3 is 14.9 Å². The Kier molecular flexibility index (Phi) is 4.93. The fourth-order valence-corrected chi connectivity index (χ4v) is 5.40. The second-order valence-corrected chi connectivity index (χ2v) is 9.64. The molecule has 36 heavy (non-hydrogen) atoms. The Morgan fingerprint density at radius 2 is 1.72 bits per heavy atom. The van der Waals surface area contributed by atoms with Crippen molar-refractivity contribution in [1.29, 1.82) is 5.26 Å². The van der Waals surface area contributed by atoms with Crippen LogP contribution in [-0.2, 0) is 10.2 Å². The number of hydrogen-bond donors (Lipinski definition) is 1. The molecule has 6 rings (SSSR count). The number of carbonyl (C=O) groups is 3. The van der Waals surface area contributed by atoms with Crippen LogP contribution in [0.1, 0.15) is 64.2 Å². The number of amides is 2. The van der Waals surface area contributed by atoms with Crippen LogP contribution in [0.5, 0.6) is 0 Å². The van der Waals surface area contributed by atoms with Gasteiger partial charge in [-0.1, -0.05) is 6.07 Å². The summed E-state index contributed by atoms with van der Waals surface area (Å²) in [5.74, 6) is -1.41. The zero-order valence-corrected chi connectivity index (χ0v) is 19.5. The first-order valence-corrected chi connectivity index (χ1v) is 12.0. The molecule has 3 heterocycles. The Hall–Kier alpha value is -4.45. The number of nitrogens with zero attached hydrogens (tertiary/aromatic N) is 5. The fourth-order valence-electron chi connectivity index (χ4n) is 5.40. The lowest BCUT2D eigenvalue weighted by Crippen LogP contribution is -2.44. The normalized spacial score (nSPS) is 18.2. The summed E-state index contributed by atoms with van der Waals surface area (Å²) in [5, 5.41) is 23.6. The van der Waals surface area contributed by atoms with Gasteiger partial charge in [0.2, 0.25) is 5.91 Å². The summed E-state index contributed by atoms with van der Waals surface area (Å²) in [5.41, 5.74) is 2.46. The minimum absolute atomic E-state index is 0.106. The van der Waals surface area contributed by atoms with E-state index in [1.807, 2.05) is 24.3 Å². The van der Waals surface area contributed by atoms with Gasteiger partial charge in [0.1, 0.15) is 5.69 Å². The number of rotatable bonds is 4. The van der Waals surface area contributed by atoms with Crippen molar-refractivity contribution < 1.29 is 19.5 Å². The number of hydrogen-bond acceptors (Lipinski definition) is 5. The molecule has 3 aromatic rings. The fraction of sp³-hybridized carbons (Fsp3) is 0.296. The van der Waals surface area contributed by atoms with Crippen LogP contribution in [0, 0.1) is 11.3 Å². The SMILES string of the molecule is N#Cc1cccc(-n2nc(C(=O)O)c3c2C(=O)N(c2ccc(N4CCCCC4=O)cc2)CC32CC2)c1. The van der Waals surface area contributed by atoms with Crippen LogP contribution in [0.25, 0.3) is 5.69 Å². The van der Waals surface area contributed by atoms with E-state index in [9.17, 15) is 24.8 Å². The van der Waals surface area contributed by atoms with Crippen molar-refractivity contribution in [3.8, 4) is 11.8 Å². The number of carboxylic acid groups (broad SMARTS) is 1. The van der Waals surface area contributed by atoms with E-state index < -0.39 is 11.4 Å². The molecule has 1 saturated carbocycles. The number of nitriles is 1. The van der Waals surface area contributed by atoms with E-state index in [0.717, 1.165) is 31.4 Å². The molecular formula is C27H23N5O4. The minimum atomic E-state index is -1.18. The van der Waals surface area contributed by atoms with Gasteiger partial charge in [-0.2, -0.15) is 10.4 Å². The van der Waals surface area contributed by atoms with E-state index in [4.69, 9.17) is 0 Å². The monoisotopic (exact) mass is 481 g/mol. The van der Waals surface area contributed by atoms with Crippen molar-refractivity contribution in [3.05, 3.63) is 71.0 Å². The number of fused-ring (bicyclic) bond motifs is 2. The average Bonchev–Trinajstić information content (AvgIpc) is 3.54. The molecule has 2 amide bonds. The molecule has 0 radical (unpaired) electrons. The molecule has 1 N–H and O–H groups in total. The van der Waals surface area contributed by atoms with Gasteiger partial charge in [-0.05, 0) is 68.1 Å². The molecular weight excluding hydrogens is 458 g/mol. The van der Waals surface area contributed by atoms with Crippen molar-refractivity contribution in [2.75, 3.05) is 22.9 Å². The number of aromatic nitrogens is 2. The third-order valence-electron chi connectivity index (χ3n) is 7.40. The molecule has 9 nitrogen and oxygen atoms in total. The molecule has 0 bridgehead atoms. The van der Waals surface area contributed by atoms with E-state index in [-0.39, 0.29) is 23.2 Å². The highest BCUT2D eigenvalue weighted by molar-refractivity contribution is 6.10. The molecule has 2 fully saturated rings. The number of benzene rings is 2. The number of aromatic carboxylic acids is 1. The highest BCUT2D eigenvalue weighted by Crippen LogP contribution is 2.54. The maximum atomic E-state index is 13.9. The van der Waals surface area contributed by atoms with Gasteiger partial charge in [0, 0.05) is 41.9 Å². The highest BCUT2D eigenvalue weighted by atomic mass is 16.4. The van der Waals surface area contributed by atoms with E-state index in [0.29, 0.717) is 42.0 Å². The largest absolute Gasteiger partial charge is 0.476 e. The van der Waals surface area contributed by atoms with Crippen LogP contribution in [-0.4, -0.2) is 45.8 Å². The van der Waals surface area contributed by atoms with E-state index in [1.54, 1.807) is 34.1 Å². The zero-order valence-electron chi connectivity index (χ0n) is 19.5. The number of piperidine rings is 1. The number of carboxylic acids is 1. The molecule has 0 atom stereocenters. The van der Waals surface area contributed by atoms with Gasteiger partial charge in [-0.15, -0.1) is 0 Å². The van der Waals surface area contributed by atoms with Crippen LogP contribution in [0.4, 0.5) is 11.4 Å². The Balaban J connectivity index is 1.43. The van der Waals surface area contributed by atoms with Crippen molar-refractivity contribution in [2.45, 2.75) is 37.5 Å². The molecule has 3 aliphatic rings. The molecule has 1 aromatic heterocycles. The summed E-state index contributed by atoms with van der Waals surface area (Å²) in [6.45, 7) is 1.05. The molecule has 9 heteroatoms. The van der Waals surface area contributed by atoms with Crippen molar-refractivity contribution in [2.24, 2.45) is 0 Å². The summed E-state index contributed by atoms with van der Waals surface area (Å²) in [6, 6.07) is 16.1. The molecule has 1 saturated heterocycles. The Morgan fingerprint density at radius 3 is 2.36 bits per heavy atom. The molecule has 1 spiro atoms. The molecule has 0 unspecified atom stereocenters. The second-order valence-electron chi connectivity index (χ2n) is 9.64. The van der Waals surface area contributed by atoms with Gasteiger partial charge in [0.15, 0.2) is 5.69 Å². The topological polar surface area (TPSA) is 120 Å². The van der Waals surface area contributed by atoms with Crippen molar-refractivity contribution in [1.82, 2.24) is 9.78 Å². The van der Waals surface area contributed by atoms with Gasteiger partial charge in [-0.3, -0.25) is 9.59 Å². The average molecular weight is 482 g/mol. The number of carbonyl (C=O) groups excluding carboxylic acids is 2. The van der Waals surface area contributed by atoms with E-state index >= 15 is 0 Å². The maximum absolute atomic E-state index is 13.9. The molecule has 2 aliphatic heterocycles. The van der Waals surface area contributed by atoms with Gasteiger partial charge in [0.25, 0.3) is 5.91 Å². The zero-order chi connectivity index (χ0) is 25.0. The Bertz CT molecular complexity index is 1460. The summed E-state index contributed by atoms with van der Waals surface area (Å²) >= 11 is 0. The summed E-state index contributed by atoms with van der Waals surface area (Å²) < 4.78 is 1.37. The van der Waals surface area contributed by atoms with Crippen LogP contribution < -0.4 is 9.80 Å². The van der Waals surface area contributed by atoms with Crippen LogP contribution in [0.3, 0.4) is 0 Å². The van der Waals surface area contributed by atoms with Crippen molar-refractivity contribution >= 4 is 29.2 Å². The van der Waals surface area contributed by atoms with Crippen molar-refractivity contribution in [3.63, 3.8) is 0 Å². The summed E-state index contributed by atoms with van der Waals surface area (Å²) in [6.07, 6.45) is 3.93. The predicted molar refractivity (Wildman–Crippen MR) is 130 cm³/mol. The lowest BCUT2D eigenvalue weighted by molar-refractivity contribution is -0.119. The van der Waals surface area contributed by atoms with Gasteiger partial charge in [-0.25, -0.2) is 9.48 Å². The predicted octanol–water partition coefficient (Wildman–Crippen LogP) is 3.65. The maximum Gasteiger partial charge on any atom is 0.356 e. The van der Waals surface area contributed by atoms with E-state index in [1.165, 1.54) is 4.68 Å². The first kappa shape index (κ1) is 22.0. The second kappa shape index (κ2) is 8.05. The Morgan fingerprint density at radius 1 is 1.00 bits per heavy atom. The van der Waals surface area contributed by atoms with Gasteiger partial charge >= 0.3 is 5.97 Å². The van der Waals surface area contributed by atoms with Crippen LogP contribution in [0.2, 0.25) is 0 Å². The third-order valence-corrected chi connectivity index (χ3v) is 7.40. The van der Waals surface area contributed by atoms with Crippen LogP contribution in [0.15, 0.2) is 48.5 Å².